The topological polar surface area (TPSA) is 74.8 Å². The molecule has 0 radical (unpaired) electrons. The number of thioether (sulfide) groups is 1. The number of halogens is 1. The van der Waals surface area contributed by atoms with Gasteiger partial charge in [-0.2, -0.15) is 5.10 Å². The zero-order chi connectivity index (χ0) is 14.4. The Kier molecular flexibility index (Phi) is 5.20. The van der Waals surface area contributed by atoms with E-state index in [9.17, 15) is 9.59 Å². The fourth-order valence-corrected chi connectivity index (χ4v) is 2.20. The van der Waals surface area contributed by atoms with Crippen LogP contribution in [0.15, 0.2) is 41.2 Å². The van der Waals surface area contributed by atoms with Crippen LogP contribution < -0.4 is 10.9 Å². The van der Waals surface area contributed by atoms with Crippen molar-refractivity contribution in [1.82, 2.24) is 10.2 Å². The summed E-state index contributed by atoms with van der Waals surface area (Å²) in [7, 11) is 0. The number of carbonyl (C=O) groups excluding carboxylic acids is 1. The van der Waals surface area contributed by atoms with E-state index in [1.54, 1.807) is 18.2 Å². The summed E-state index contributed by atoms with van der Waals surface area (Å²) in [4.78, 5) is 22.4. The predicted octanol–water partition coefficient (Wildman–Crippen LogP) is 2.94. The van der Waals surface area contributed by atoms with Crippen molar-refractivity contribution in [2.24, 2.45) is 0 Å². The molecule has 0 fully saturated rings. The largest absolute Gasteiger partial charge is 0.317 e. The summed E-state index contributed by atoms with van der Waals surface area (Å²) in [5.74, 6) is 1.02. The van der Waals surface area contributed by atoms with Crippen molar-refractivity contribution in [3.63, 3.8) is 0 Å². The van der Waals surface area contributed by atoms with E-state index in [0.717, 1.165) is 17.3 Å². The molecular weight excluding hydrogens is 298 g/mol. The summed E-state index contributed by atoms with van der Waals surface area (Å²) in [5.41, 5.74) is 1.98. The second-order valence-electron chi connectivity index (χ2n) is 3.83. The number of alkyl halides is 1. The van der Waals surface area contributed by atoms with E-state index in [4.69, 9.17) is 11.6 Å². The average molecular weight is 310 g/mol. The van der Waals surface area contributed by atoms with Gasteiger partial charge in [0.15, 0.2) is 0 Å². The number of hydrogen-bond donors (Lipinski definition) is 2. The SMILES string of the molecule is O=C(Nc1ccc(-c2ccc(=O)[nH]n2)cc1)SCCCl. The van der Waals surface area contributed by atoms with Crippen molar-refractivity contribution >= 4 is 34.3 Å². The van der Waals surface area contributed by atoms with Gasteiger partial charge in [-0.1, -0.05) is 23.9 Å². The first kappa shape index (κ1) is 14.6. The van der Waals surface area contributed by atoms with Crippen molar-refractivity contribution < 1.29 is 4.79 Å². The molecule has 2 aromatic rings. The first-order valence-corrected chi connectivity index (χ1v) is 7.37. The molecule has 0 atom stereocenters. The van der Waals surface area contributed by atoms with Gasteiger partial charge in [-0.05, 0) is 18.2 Å². The van der Waals surface area contributed by atoms with Crippen LogP contribution in [0, 0.1) is 0 Å². The number of aromatic amines is 1. The molecule has 0 aliphatic rings. The van der Waals surface area contributed by atoms with E-state index in [0.29, 0.717) is 23.0 Å². The Morgan fingerprint density at radius 2 is 2.00 bits per heavy atom. The molecule has 5 nitrogen and oxygen atoms in total. The van der Waals surface area contributed by atoms with Gasteiger partial charge in [0.2, 0.25) is 0 Å². The van der Waals surface area contributed by atoms with Crippen LogP contribution in [0.4, 0.5) is 10.5 Å². The van der Waals surface area contributed by atoms with Crippen molar-refractivity contribution in [3.05, 3.63) is 46.8 Å². The maximum Gasteiger partial charge on any atom is 0.283 e. The Morgan fingerprint density at radius 1 is 1.25 bits per heavy atom. The summed E-state index contributed by atoms with van der Waals surface area (Å²) >= 11 is 6.65. The number of nitrogens with one attached hydrogen (secondary N) is 2. The van der Waals surface area contributed by atoms with Crippen molar-refractivity contribution in [2.45, 2.75) is 0 Å². The highest BCUT2D eigenvalue weighted by atomic mass is 35.5. The summed E-state index contributed by atoms with van der Waals surface area (Å²) in [5, 5.41) is 8.93. The Hall–Kier alpha value is -1.79. The minimum atomic E-state index is -0.242. The number of aromatic nitrogens is 2. The predicted molar refractivity (Wildman–Crippen MR) is 82.5 cm³/mol. The molecule has 20 heavy (non-hydrogen) atoms. The maximum atomic E-state index is 11.5. The van der Waals surface area contributed by atoms with Crippen LogP contribution in [0.5, 0.6) is 0 Å². The van der Waals surface area contributed by atoms with E-state index >= 15 is 0 Å². The molecule has 0 spiro atoms. The van der Waals surface area contributed by atoms with Crippen LogP contribution in [0.1, 0.15) is 0 Å². The van der Waals surface area contributed by atoms with Crippen molar-refractivity contribution in [3.8, 4) is 11.3 Å². The molecule has 0 aliphatic heterocycles. The molecule has 0 bridgehead atoms. The molecule has 0 unspecified atom stereocenters. The zero-order valence-corrected chi connectivity index (χ0v) is 12.0. The molecule has 7 heteroatoms. The Labute approximate surface area is 124 Å². The van der Waals surface area contributed by atoms with Crippen LogP contribution in [0.2, 0.25) is 0 Å². The number of anilines is 1. The number of rotatable bonds is 4. The van der Waals surface area contributed by atoms with Gasteiger partial charge in [-0.15, -0.1) is 11.6 Å². The molecule has 104 valence electrons. The van der Waals surface area contributed by atoms with Crippen LogP contribution in [0.3, 0.4) is 0 Å². The van der Waals surface area contributed by atoms with Crippen LogP contribution in [0.25, 0.3) is 11.3 Å². The molecule has 1 heterocycles. The second kappa shape index (κ2) is 7.12. The van der Waals surface area contributed by atoms with Gasteiger partial charge in [0.1, 0.15) is 0 Å². The van der Waals surface area contributed by atoms with Gasteiger partial charge >= 0.3 is 0 Å². The number of nitrogens with zero attached hydrogens (tertiary/aromatic N) is 1. The smallest absolute Gasteiger partial charge is 0.283 e. The summed E-state index contributed by atoms with van der Waals surface area (Å²) in [6.45, 7) is 0. The second-order valence-corrected chi connectivity index (χ2v) is 5.28. The zero-order valence-electron chi connectivity index (χ0n) is 10.4. The monoisotopic (exact) mass is 309 g/mol. The van der Waals surface area contributed by atoms with Crippen LogP contribution >= 0.6 is 23.4 Å². The first-order chi connectivity index (χ1) is 9.69. The molecule has 0 aliphatic carbocycles. The molecule has 1 aromatic carbocycles. The van der Waals surface area contributed by atoms with E-state index in [2.05, 4.69) is 15.5 Å². The molecule has 0 saturated carbocycles. The van der Waals surface area contributed by atoms with Gasteiger partial charge < -0.3 is 5.32 Å². The molecule has 2 rings (SSSR count). The Bertz CT molecular complexity index is 622. The van der Waals surface area contributed by atoms with Crippen molar-refractivity contribution in [2.75, 3.05) is 16.9 Å². The number of benzene rings is 1. The molecular formula is C13H12ClN3O2S. The summed E-state index contributed by atoms with van der Waals surface area (Å²) in [6, 6.07) is 10.3. The first-order valence-electron chi connectivity index (χ1n) is 5.85. The molecule has 0 saturated heterocycles. The maximum absolute atomic E-state index is 11.5. The number of carbonyl (C=O) groups is 1. The van der Waals surface area contributed by atoms with Gasteiger partial charge in [0.05, 0.1) is 5.69 Å². The minimum absolute atomic E-state index is 0.138. The standard InChI is InChI=1S/C13H12ClN3O2S/c14-7-8-20-13(19)15-10-3-1-9(2-4-10)11-5-6-12(18)17-16-11/h1-6H,7-8H2,(H,15,19)(H,17,18). The third kappa shape index (κ3) is 4.11. The molecule has 1 aromatic heterocycles. The highest BCUT2D eigenvalue weighted by molar-refractivity contribution is 8.13. The third-order valence-corrected chi connectivity index (χ3v) is 3.60. The average Bonchev–Trinajstić information content (AvgIpc) is 2.47. The molecule has 1 amide bonds. The Balaban J connectivity index is 2.04. The lowest BCUT2D eigenvalue weighted by Gasteiger charge is -2.05. The van der Waals surface area contributed by atoms with Gasteiger partial charge in [-0.3, -0.25) is 9.59 Å². The fraction of sp³-hybridized carbons (Fsp3) is 0.154. The number of H-pyrrole nitrogens is 1. The number of amides is 1. The lowest BCUT2D eigenvalue weighted by molar-refractivity contribution is 0.270. The lowest BCUT2D eigenvalue weighted by Crippen LogP contribution is -2.06. The van der Waals surface area contributed by atoms with Crippen LogP contribution in [-0.4, -0.2) is 27.1 Å². The summed E-state index contributed by atoms with van der Waals surface area (Å²) < 4.78 is 0. The lowest BCUT2D eigenvalue weighted by atomic mass is 10.1. The van der Waals surface area contributed by atoms with E-state index in [1.165, 1.54) is 6.07 Å². The highest BCUT2D eigenvalue weighted by Crippen LogP contribution is 2.19. The van der Waals surface area contributed by atoms with Gasteiger partial charge in [-0.25, -0.2) is 5.10 Å². The van der Waals surface area contributed by atoms with Gasteiger partial charge in [0, 0.05) is 29.0 Å². The fourth-order valence-electron chi connectivity index (χ4n) is 1.51. The van der Waals surface area contributed by atoms with Gasteiger partial charge in [0.25, 0.3) is 10.8 Å². The van der Waals surface area contributed by atoms with E-state index in [1.807, 2.05) is 12.1 Å². The normalized spacial score (nSPS) is 10.2. The Morgan fingerprint density at radius 3 is 2.60 bits per heavy atom. The quantitative estimate of drug-likeness (QED) is 0.852. The highest BCUT2D eigenvalue weighted by Gasteiger charge is 2.04. The number of hydrogen-bond acceptors (Lipinski definition) is 4. The summed E-state index contributed by atoms with van der Waals surface area (Å²) in [6.07, 6.45) is 0. The van der Waals surface area contributed by atoms with Crippen LogP contribution in [-0.2, 0) is 0 Å². The molecule has 2 N–H and O–H groups in total. The van der Waals surface area contributed by atoms with E-state index < -0.39 is 0 Å². The minimum Gasteiger partial charge on any atom is -0.317 e. The van der Waals surface area contributed by atoms with Crippen molar-refractivity contribution in [1.29, 1.82) is 0 Å². The van der Waals surface area contributed by atoms with E-state index in [-0.39, 0.29) is 10.8 Å². The third-order valence-electron chi connectivity index (χ3n) is 2.42.